The lowest BCUT2D eigenvalue weighted by Gasteiger charge is -1.87. The maximum absolute atomic E-state index is 7.42. The first kappa shape index (κ1) is 4.80. The molecule has 0 aliphatic rings. The summed E-state index contributed by atoms with van der Waals surface area (Å²) in [7, 11) is 0. The fraction of sp³-hybridized carbons (Fsp3) is 0. The first-order valence-corrected chi connectivity index (χ1v) is 0.860. The third-order valence-corrected chi connectivity index (χ3v) is 0.0913. The van der Waals surface area contributed by atoms with Crippen LogP contribution in [0, 0.1) is 0 Å². The first-order valence-electron chi connectivity index (χ1n) is 0.860. The molecule has 0 rings (SSSR count). The first-order chi connectivity index (χ1) is 2.41. The largest absolute Gasteiger partial charge is 0.300 e. The molecule has 0 fully saturated rings. The van der Waals surface area contributed by atoms with Crippen LogP contribution in [-0.2, 0) is 4.99 Å². The lowest BCUT2D eigenvalue weighted by Crippen LogP contribution is -2.26. The smallest absolute Gasteiger partial charge is 0.0805 e. The van der Waals surface area contributed by atoms with Gasteiger partial charge in [-0.15, -0.1) is 10.6 Å². The van der Waals surface area contributed by atoms with Crippen molar-refractivity contribution < 1.29 is 15.5 Å². The van der Waals surface area contributed by atoms with Crippen LogP contribution in [0.5, 0.6) is 0 Å². The van der Waals surface area contributed by atoms with Crippen LogP contribution in [0.3, 0.4) is 0 Å². The van der Waals surface area contributed by atoms with Crippen LogP contribution in [0.15, 0.2) is 0 Å². The number of hydrazine groups is 1. The highest BCUT2D eigenvalue weighted by Crippen LogP contribution is 1.32. The van der Waals surface area contributed by atoms with Gasteiger partial charge in [-0.2, -0.15) is 0 Å². The fourth-order valence-electron chi connectivity index (χ4n) is 0.0204. The van der Waals surface area contributed by atoms with Crippen molar-refractivity contribution >= 4 is 0 Å². The molecule has 0 aliphatic carbocycles. The van der Waals surface area contributed by atoms with Crippen LogP contribution in [0.25, 0.3) is 0 Å². The zero-order chi connectivity index (χ0) is 4.12. The Bertz CT molecular complexity index is 12.4. The van der Waals surface area contributed by atoms with Crippen molar-refractivity contribution in [2.45, 2.75) is 0 Å². The highest BCUT2D eigenvalue weighted by Gasteiger charge is 1.60. The molecule has 32 valence electrons. The average Bonchev–Trinajstić information content (AvgIpc) is 1.41. The van der Waals surface area contributed by atoms with E-state index in [2.05, 4.69) is 4.99 Å². The Morgan fingerprint density at radius 3 is 2.20 bits per heavy atom. The second-order valence-electron chi connectivity index (χ2n) is 0.305. The van der Waals surface area contributed by atoms with Gasteiger partial charge in [-0.05, 0) is 0 Å². The van der Waals surface area contributed by atoms with Gasteiger partial charge in [0, 0.05) is 0 Å². The summed E-state index contributed by atoms with van der Waals surface area (Å²) in [5, 5.41) is 14.7. The predicted molar refractivity (Wildman–Crippen MR) is 11.8 cm³/mol. The van der Waals surface area contributed by atoms with E-state index < -0.39 is 0 Å². The summed E-state index contributed by atoms with van der Waals surface area (Å²) in [6, 6.07) is 0. The third kappa shape index (κ3) is 3.80. The molecular formula is H4N2O3. The monoisotopic (exact) mass is 80.0 g/mol. The topological polar surface area (TPSA) is 73.8 Å². The Morgan fingerprint density at radius 2 is 2.20 bits per heavy atom. The fourth-order valence-corrected chi connectivity index (χ4v) is 0.0204. The van der Waals surface area contributed by atoms with E-state index in [1.54, 1.807) is 0 Å². The van der Waals surface area contributed by atoms with E-state index in [-0.39, 0.29) is 0 Å². The van der Waals surface area contributed by atoms with Gasteiger partial charge in [-0.25, -0.2) is 5.26 Å². The van der Waals surface area contributed by atoms with E-state index in [4.69, 9.17) is 10.5 Å². The molecule has 0 bridgehead atoms. The quantitative estimate of drug-likeness (QED) is 0.249. The highest BCUT2D eigenvalue weighted by molar-refractivity contribution is 3.59. The third-order valence-electron chi connectivity index (χ3n) is 0.0913. The molecule has 0 aromatic rings. The highest BCUT2D eigenvalue weighted by atomic mass is 17.2. The van der Waals surface area contributed by atoms with E-state index in [0.717, 1.165) is 0 Å². The number of hydrogen-bond donors (Lipinski definition) is 4. The van der Waals surface area contributed by atoms with Crippen molar-refractivity contribution in [3.63, 3.8) is 0 Å². The molecule has 0 saturated carbocycles. The molecular weight excluding hydrogens is 76.0 g/mol. The Hall–Kier alpha value is -0.200. The van der Waals surface area contributed by atoms with Crippen molar-refractivity contribution in [1.29, 1.82) is 0 Å². The summed E-state index contributed by atoms with van der Waals surface area (Å²) in [6.45, 7) is 0. The number of nitrogens with one attached hydrogen (secondary N) is 2. The lowest BCUT2D eigenvalue weighted by molar-refractivity contribution is -0.321. The Morgan fingerprint density at radius 1 is 1.60 bits per heavy atom. The van der Waals surface area contributed by atoms with Gasteiger partial charge in [0.2, 0.25) is 0 Å². The summed E-state index contributed by atoms with van der Waals surface area (Å²) in [5.74, 6) is 0. The normalized spacial score (nSPS) is 8.40. The summed E-state index contributed by atoms with van der Waals surface area (Å²) >= 11 is 0. The van der Waals surface area contributed by atoms with E-state index >= 15 is 0 Å². The summed E-state index contributed by atoms with van der Waals surface area (Å²) < 4.78 is 0. The Kier molecular flexibility index (Phi) is 3.65. The molecule has 5 heavy (non-hydrogen) atoms. The van der Waals surface area contributed by atoms with Crippen molar-refractivity contribution in [2.75, 3.05) is 0 Å². The molecule has 0 unspecified atom stereocenters. The maximum Gasteiger partial charge on any atom is -0.0805 e. The van der Waals surface area contributed by atoms with Gasteiger partial charge < -0.3 is 0 Å². The van der Waals surface area contributed by atoms with Crippen molar-refractivity contribution in [2.24, 2.45) is 0 Å². The molecule has 0 atom stereocenters. The van der Waals surface area contributed by atoms with Crippen LogP contribution >= 0.6 is 0 Å². The van der Waals surface area contributed by atoms with Gasteiger partial charge >= 0.3 is 0 Å². The van der Waals surface area contributed by atoms with Crippen molar-refractivity contribution in [3.05, 3.63) is 0 Å². The standard InChI is InChI=1S/H4N2O3/c3-1-2-5-4/h1-4H. The van der Waals surface area contributed by atoms with Crippen molar-refractivity contribution in [1.82, 2.24) is 11.2 Å². The number of hydrogen-bond acceptors (Lipinski definition) is 5. The van der Waals surface area contributed by atoms with Crippen LogP contribution in [0.4, 0.5) is 0 Å². The Balaban J connectivity index is 2.19. The van der Waals surface area contributed by atoms with Gasteiger partial charge in [0.1, 0.15) is 0 Å². The van der Waals surface area contributed by atoms with Crippen LogP contribution in [-0.4, -0.2) is 10.5 Å². The van der Waals surface area contributed by atoms with Gasteiger partial charge in [0.05, 0.1) is 0 Å². The molecule has 0 radical (unpaired) electrons. The van der Waals surface area contributed by atoms with E-state index in [1.807, 2.05) is 0 Å². The Labute approximate surface area is 28.0 Å². The predicted octanol–water partition coefficient (Wildman–Crippen LogP) is -1.13. The average molecular weight is 80.0 g/mol. The maximum atomic E-state index is 7.42. The molecule has 5 heteroatoms. The molecule has 5 nitrogen and oxygen atoms in total. The summed E-state index contributed by atoms with van der Waals surface area (Å²) in [5.41, 5.74) is 2.77. The minimum atomic E-state index is 1.30. The van der Waals surface area contributed by atoms with E-state index in [9.17, 15) is 0 Å². The second kappa shape index (κ2) is 3.80. The molecule has 0 spiro atoms. The molecule has 0 aromatic heterocycles. The van der Waals surface area contributed by atoms with Crippen LogP contribution < -0.4 is 11.2 Å². The van der Waals surface area contributed by atoms with Crippen LogP contribution in [0.2, 0.25) is 0 Å². The summed E-state index contributed by atoms with van der Waals surface area (Å²) in [4.78, 5) is 3.08. The zero-order valence-corrected chi connectivity index (χ0v) is 2.30. The molecule has 0 amide bonds. The molecule has 0 aliphatic heterocycles. The minimum Gasteiger partial charge on any atom is -0.300 e. The molecule has 0 aromatic carbocycles. The summed E-state index contributed by atoms with van der Waals surface area (Å²) in [6.07, 6.45) is 0. The second-order valence-corrected chi connectivity index (χ2v) is 0.305. The minimum absolute atomic E-state index is 1.30. The van der Waals surface area contributed by atoms with Gasteiger partial charge in [0.25, 0.3) is 0 Å². The molecule has 4 N–H and O–H groups in total. The van der Waals surface area contributed by atoms with Gasteiger partial charge in [-0.1, -0.05) is 5.59 Å². The lowest BCUT2D eigenvalue weighted by atomic mass is 12.7. The molecule has 0 heterocycles. The zero-order valence-electron chi connectivity index (χ0n) is 2.30. The molecule has 0 saturated heterocycles. The SMILES string of the molecule is ONNOO. The van der Waals surface area contributed by atoms with E-state index in [0.29, 0.717) is 0 Å². The van der Waals surface area contributed by atoms with Crippen molar-refractivity contribution in [3.8, 4) is 0 Å². The van der Waals surface area contributed by atoms with E-state index in [1.165, 1.54) is 11.2 Å². The number of rotatable bonds is 2. The van der Waals surface area contributed by atoms with Gasteiger partial charge in [-0.3, -0.25) is 5.21 Å². The van der Waals surface area contributed by atoms with Crippen LogP contribution in [0.1, 0.15) is 0 Å². The van der Waals surface area contributed by atoms with Gasteiger partial charge in [0.15, 0.2) is 0 Å².